The van der Waals surface area contributed by atoms with Gasteiger partial charge in [-0.15, -0.1) is 0 Å². The lowest BCUT2D eigenvalue weighted by Gasteiger charge is -2.13. The van der Waals surface area contributed by atoms with Crippen LogP contribution in [0.4, 0.5) is 17.1 Å². The van der Waals surface area contributed by atoms with E-state index < -0.39 is 4.92 Å². The number of para-hydroxylation sites is 1. The Bertz CT molecular complexity index is 719. The summed E-state index contributed by atoms with van der Waals surface area (Å²) in [4.78, 5) is 23.0. The van der Waals surface area contributed by atoms with Gasteiger partial charge in [0.25, 0.3) is 11.6 Å². The number of hydrogen-bond acceptors (Lipinski definition) is 5. The highest BCUT2D eigenvalue weighted by molar-refractivity contribution is 5.96. The van der Waals surface area contributed by atoms with E-state index in [1.165, 1.54) is 19.2 Å². The maximum atomic E-state index is 12.2. The SMILES string of the molecule is COCC(C)NC(=O)c1ccc(Nc2ccccc2)c([N+](=O)[O-])c1. The van der Waals surface area contributed by atoms with Crippen molar-refractivity contribution >= 4 is 23.0 Å². The molecule has 7 heteroatoms. The Morgan fingerprint density at radius 3 is 2.58 bits per heavy atom. The molecule has 0 aromatic heterocycles. The summed E-state index contributed by atoms with van der Waals surface area (Å²) in [6, 6.07) is 13.3. The number of carbonyl (C=O) groups excluding carboxylic acids is 1. The van der Waals surface area contributed by atoms with Crippen LogP contribution in [0.25, 0.3) is 0 Å². The molecule has 2 rings (SSSR count). The van der Waals surface area contributed by atoms with Gasteiger partial charge >= 0.3 is 0 Å². The van der Waals surface area contributed by atoms with Crippen molar-refractivity contribution in [1.82, 2.24) is 5.32 Å². The highest BCUT2D eigenvalue weighted by Crippen LogP contribution is 2.28. The zero-order chi connectivity index (χ0) is 17.5. The van der Waals surface area contributed by atoms with Crippen LogP contribution in [0.1, 0.15) is 17.3 Å². The Labute approximate surface area is 139 Å². The summed E-state index contributed by atoms with van der Waals surface area (Å²) >= 11 is 0. The predicted octanol–water partition coefficient (Wildman–Crippen LogP) is 3.10. The van der Waals surface area contributed by atoms with Crippen LogP contribution in [0.15, 0.2) is 48.5 Å². The van der Waals surface area contributed by atoms with Crippen molar-refractivity contribution in [2.24, 2.45) is 0 Å². The second-order valence-electron chi connectivity index (χ2n) is 5.31. The van der Waals surface area contributed by atoms with Crippen LogP contribution in [0.3, 0.4) is 0 Å². The van der Waals surface area contributed by atoms with Gasteiger partial charge in [-0.25, -0.2) is 0 Å². The number of nitrogens with one attached hydrogen (secondary N) is 2. The average Bonchev–Trinajstić information content (AvgIpc) is 2.56. The van der Waals surface area contributed by atoms with Crippen molar-refractivity contribution < 1.29 is 14.5 Å². The summed E-state index contributed by atoms with van der Waals surface area (Å²) in [7, 11) is 1.54. The molecule has 0 saturated heterocycles. The van der Waals surface area contributed by atoms with Gasteiger partial charge < -0.3 is 15.4 Å². The first-order valence-corrected chi connectivity index (χ1v) is 7.41. The van der Waals surface area contributed by atoms with Crippen molar-refractivity contribution in [1.29, 1.82) is 0 Å². The van der Waals surface area contributed by atoms with Gasteiger partial charge in [-0.1, -0.05) is 18.2 Å². The van der Waals surface area contributed by atoms with Crippen molar-refractivity contribution in [3.05, 3.63) is 64.2 Å². The first-order chi connectivity index (χ1) is 11.5. The van der Waals surface area contributed by atoms with E-state index in [4.69, 9.17) is 4.74 Å². The van der Waals surface area contributed by atoms with Gasteiger partial charge in [0, 0.05) is 30.5 Å². The Morgan fingerprint density at radius 2 is 1.96 bits per heavy atom. The molecule has 1 unspecified atom stereocenters. The molecule has 2 aromatic rings. The maximum absolute atomic E-state index is 12.2. The lowest BCUT2D eigenvalue weighted by molar-refractivity contribution is -0.383. The third-order valence-corrected chi connectivity index (χ3v) is 3.30. The summed E-state index contributed by atoms with van der Waals surface area (Å²) in [5.41, 5.74) is 1.12. The topological polar surface area (TPSA) is 93.5 Å². The molecule has 7 nitrogen and oxygen atoms in total. The van der Waals surface area contributed by atoms with E-state index in [-0.39, 0.29) is 23.2 Å². The number of rotatable bonds is 7. The largest absolute Gasteiger partial charge is 0.383 e. The van der Waals surface area contributed by atoms with Gasteiger partial charge in [0.1, 0.15) is 5.69 Å². The molecule has 2 N–H and O–H groups in total. The fourth-order valence-electron chi connectivity index (χ4n) is 2.21. The molecule has 1 amide bonds. The highest BCUT2D eigenvalue weighted by atomic mass is 16.6. The molecule has 0 saturated carbocycles. The van der Waals surface area contributed by atoms with Crippen molar-refractivity contribution in [3.8, 4) is 0 Å². The zero-order valence-corrected chi connectivity index (χ0v) is 13.5. The normalized spacial score (nSPS) is 11.6. The van der Waals surface area contributed by atoms with Crippen LogP contribution in [0.5, 0.6) is 0 Å². The number of methoxy groups -OCH3 is 1. The quantitative estimate of drug-likeness (QED) is 0.601. The first-order valence-electron chi connectivity index (χ1n) is 7.41. The Kier molecular flexibility index (Phi) is 5.86. The number of benzene rings is 2. The van der Waals surface area contributed by atoms with Crippen LogP contribution in [0, 0.1) is 10.1 Å². The van der Waals surface area contributed by atoms with E-state index in [2.05, 4.69) is 10.6 Å². The van der Waals surface area contributed by atoms with E-state index in [0.717, 1.165) is 5.69 Å². The molecular formula is C17H19N3O4. The van der Waals surface area contributed by atoms with Gasteiger partial charge in [0.15, 0.2) is 0 Å². The van der Waals surface area contributed by atoms with Crippen molar-refractivity contribution in [2.45, 2.75) is 13.0 Å². The molecule has 0 bridgehead atoms. The molecule has 0 heterocycles. The third-order valence-electron chi connectivity index (χ3n) is 3.30. The van der Waals surface area contributed by atoms with Gasteiger partial charge in [-0.3, -0.25) is 14.9 Å². The molecule has 0 aliphatic rings. The Morgan fingerprint density at radius 1 is 1.25 bits per heavy atom. The second kappa shape index (κ2) is 8.07. The number of nitro benzene ring substituents is 1. The van der Waals surface area contributed by atoms with Crippen LogP contribution >= 0.6 is 0 Å². The van der Waals surface area contributed by atoms with Gasteiger partial charge in [-0.2, -0.15) is 0 Å². The van der Waals surface area contributed by atoms with E-state index in [1.807, 2.05) is 18.2 Å². The number of ether oxygens (including phenoxy) is 1. The van der Waals surface area contributed by atoms with E-state index in [9.17, 15) is 14.9 Å². The minimum atomic E-state index is -0.513. The number of nitrogens with zero attached hydrogens (tertiary/aromatic N) is 1. The molecule has 2 aromatic carbocycles. The third kappa shape index (κ3) is 4.53. The molecule has 1 atom stereocenters. The predicted molar refractivity (Wildman–Crippen MR) is 91.6 cm³/mol. The van der Waals surface area contributed by atoms with Gasteiger partial charge in [-0.05, 0) is 31.2 Å². The number of nitro groups is 1. The smallest absolute Gasteiger partial charge is 0.293 e. The lowest BCUT2D eigenvalue weighted by atomic mass is 10.1. The highest BCUT2D eigenvalue weighted by Gasteiger charge is 2.18. The van der Waals surface area contributed by atoms with Crippen LogP contribution in [0.2, 0.25) is 0 Å². The summed E-state index contributed by atoms with van der Waals surface area (Å²) in [6.07, 6.45) is 0. The van der Waals surface area contributed by atoms with Crippen LogP contribution in [-0.4, -0.2) is 30.6 Å². The Balaban J connectivity index is 2.23. The molecule has 0 aliphatic heterocycles. The molecular weight excluding hydrogens is 310 g/mol. The van der Waals surface area contributed by atoms with Gasteiger partial charge in [0.2, 0.25) is 0 Å². The van der Waals surface area contributed by atoms with Crippen molar-refractivity contribution in [2.75, 3.05) is 19.0 Å². The molecule has 24 heavy (non-hydrogen) atoms. The minimum absolute atomic E-state index is 0.161. The van der Waals surface area contributed by atoms with Gasteiger partial charge in [0.05, 0.1) is 11.5 Å². The fraction of sp³-hybridized carbons (Fsp3) is 0.235. The average molecular weight is 329 g/mol. The maximum Gasteiger partial charge on any atom is 0.293 e. The monoisotopic (exact) mass is 329 g/mol. The molecule has 0 aliphatic carbocycles. The number of hydrogen-bond donors (Lipinski definition) is 2. The summed E-state index contributed by atoms with van der Waals surface area (Å²) < 4.78 is 4.95. The minimum Gasteiger partial charge on any atom is -0.383 e. The summed E-state index contributed by atoms with van der Waals surface area (Å²) in [5, 5.41) is 17.0. The van der Waals surface area contributed by atoms with E-state index >= 15 is 0 Å². The number of amides is 1. The Hall–Kier alpha value is -2.93. The molecule has 0 fully saturated rings. The van der Waals surface area contributed by atoms with Crippen molar-refractivity contribution in [3.63, 3.8) is 0 Å². The lowest BCUT2D eigenvalue weighted by Crippen LogP contribution is -2.35. The number of carbonyl (C=O) groups is 1. The van der Waals surface area contributed by atoms with E-state index in [1.54, 1.807) is 25.1 Å². The van der Waals surface area contributed by atoms with Crippen LogP contribution < -0.4 is 10.6 Å². The van der Waals surface area contributed by atoms with Crippen LogP contribution in [-0.2, 0) is 4.74 Å². The first kappa shape index (κ1) is 17.4. The fourth-order valence-corrected chi connectivity index (χ4v) is 2.21. The zero-order valence-electron chi connectivity index (χ0n) is 13.5. The molecule has 0 radical (unpaired) electrons. The summed E-state index contributed by atoms with van der Waals surface area (Å²) in [6.45, 7) is 2.16. The van der Waals surface area contributed by atoms with E-state index in [0.29, 0.717) is 12.3 Å². The number of anilines is 2. The summed E-state index contributed by atoms with van der Waals surface area (Å²) in [5.74, 6) is -0.381. The molecule has 126 valence electrons. The second-order valence-corrected chi connectivity index (χ2v) is 5.31. The standard InChI is InChI=1S/C17H19N3O4/c1-12(11-24-2)18-17(21)13-8-9-15(16(10-13)20(22)23)19-14-6-4-3-5-7-14/h3-10,12,19H,11H2,1-2H3,(H,18,21). The molecule has 0 spiro atoms.